The maximum absolute atomic E-state index is 13.6. The summed E-state index contributed by atoms with van der Waals surface area (Å²) in [5, 5.41) is 9.18. The van der Waals surface area contributed by atoms with Crippen molar-refractivity contribution in [1.29, 1.82) is 0 Å². The predicted molar refractivity (Wildman–Crippen MR) is 69.6 cm³/mol. The van der Waals surface area contributed by atoms with Crippen LogP contribution in [-0.2, 0) is 6.54 Å². The number of carboxylic acid groups (broad SMARTS) is 1. The minimum Gasteiger partial charge on any atom is -0.478 e. The number of hydrogen-bond donors (Lipinski definition) is 1. The Kier molecular flexibility index (Phi) is 3.73. The summed E-state index contributed by atoms with van der Waals surface area (Å²) < 4.78 is 15.8. The van der Waals surface area contributed by atoms with E-state index in [2.05, 4.69) is 15.9 Å². The van der Waals surface area contributed by atoms with Crippen LogP contribution in [-0.4, -0.2) is 15.6 Å². The highest BCUT2D eigenvalue weighted by Crippen LogP contribution is 2.20. The molecule has 6 heteroatoms. The van der Waals surface area contributed by atoms with E-state index < -0.39 is 11.8 Å². The zero-order valence-electron chi connectivity index (χ0n) is 9.03. The van der Waals surface area contributed by atoms with Crippen LogP contribution in [0.5, 0.6) is 0 Å². The lowest BCUT2D eigenvalue weighted by molar-refractivity contribution is 0.0697. The van der Waals surface area contributed by atoms with Crippen LogP contribution in [0.2, 0.25) is 5.02 Å². The molecule has 0 spiro atoms. The molecule has 1 N–H and O–H groups in total. The Hall–Kier alpha value is -1.33. The zero-order chi connectivity index (χ0) is 13.3. The van der Waals surface area contributed by atoms with Gasteiger partial charge in [0.05, 0.1) is 16.7 Å². The maximum Gasteiger partial charge on any atom is 0.337 e. The molecule has 0 saturated carbocycles. The van der Waals surface area contributed by atoms with E-state index in [-0.39, 0.29) is 12.1 Å². The van der Waals surface area contributed by atoms with Gasteiger partial charge in [0, 0.05) is 16.8 Å². The third kappa shape index (κ3) is 2.73. The van der Waals surface area contributed by atoms with E-state index in [9.17, 15) is 9.18 Å². The fourth-order valence-electron chi connectivity index (χ4n) is 1.55. The van der Waals surface area contributed by atoms with Crippen LogP contribution in [0, 0.1) is 5.82 Å². The minimum absolute atomic E-state index is 0.149. The Morgan fingerprint density at radius 3 is 2.72 bits per heavy atom. The van der Waals surface area contributed by atoms with E-state index in [1.165, 1.54) is 18.3 Å². The standard InChI is InChI=1S/C12H8BrClFNO2/c13-11-3-8(12(17)18)6-16(11)5-7-1-2-9(14)4-10(7)15/h1-4,6H,5H2,(H,17,18). The molecule has 0 unspecified atom stereocenters. The second-order valence-corrected chi connectivity index (χ2v) is 4.97. The highest BCUT2D eigenvalue weighted by Gasteiger charge is 2.11. The van der Waals surface area contributed by atoms with Gasteiger partial charge < -0.3 is 9.67 Å². The molecule has 0 aliphatic rings. The summed E-state index contributed by atoms with van der Waals surface area (Å²) in [6.45, 7) is 0.233. The van der Waals surface area contributed by atoms with E-state index in [1.807, 2.05) is 0 Å². The van der Waals surface area contributed by atoms with Gasteiger partial charge in [-0.1, -0.05) is 17.7 Å². The van der Waals surface area contributed by atoms with Crippen molar-refractivity contribution >= 4 is 33.5 Å². The Morgan fingerprint density at radius 1 is 1.44 bits per heavy atom. The van der Waals surface area contributed by atoms with Gasteiger partial charge in [0.2, 0.25) is 0 Å². The first kappa shape index (κ1) is 13.1. The van der Waals surface area contributed by atoms with Gasteiger partial charge in [-0.2, -0.15) is 0 Å². The van der Waals surface area contributed by atoms with E-state index >= 15 is 0 Å². The Morgan fingerprint density at radius 2 is 2.17 bits per heavy atom. The van der Waals surface area contributed by atoms with Gasteiger partial charge in [0.25, 0.3) is 0 Å². The van der Waals surface area contributed by atoms with Crippen molar-refractivity contribution in [3.8, 4) is 0 Å². The number of aromatic nitrogens is 1. The lowest BCUT2D eigenvalue weighted by Crippen LogP contribution is -2.01. The van der Waals surface area contributed by atoms with Crippen LogP contribution in [0.15, 0.2) is 35.1 Å². The number of nitrogens with zero attached hydrogens (tertiary/aromatic N) is 1. The molecule has 0 radical (unpaired) electrons. The molecule has 94 valence electrons. The molecule has 0 atom stereocenters. The van der Waals surface area contributed by atoms with Crippen LogP contribution in [0.3, 0.4) is 0 Å². The second kappa shape index (κ2) is 5.12. The summed E-state index contributed by atoms with van der Waals surface area (Å²) in [5.41, 5.74) is 0.587. The summed E-state index contributed by atoms with van der Waals surface area (Å²) in [6.07, 6.45) is 1.44. The third-order valence-corrected chi connectivity index (χ3v) is 3.37. The van der Waals surface area contributed by atoms with Gasteiger partial charge >= 0.3 is 5.97 Å². The van der Waals surface area contributed by atoms with Crippen molar-refractivity contribution in [2.75, 3.05) is 0 Å². The van der Waals surface area contributed by atoms with E-state index in [0.717, 1.165) is 0 Å². The summed E-state index contributed by atoms with van der Waals surface area (Å²) in [4.78, 5) is 10.8. The molecule has 0 saturated heterocycles. The largest absolute Gasteiger partial charge is 0.478 e. The van der Waals surface area contributed by atoms with Gasteiger partial charge in [-0.15, -0.1) is 0 Å². The first-order chi connectivity index (χ1) is 8.47. The van der Waals surface area contributed by atoms with Crippen LogP contribution >= 0.6 is 27.5 Å². The number of hydrogen-bond acceptors (Lipinski definition) is 1. The molecule has 0 aliphatic heterocycles. The second-order valence-electron chi connectivity index (χ2n) is 3.72. The van der Waals surface area contributed by atoms with Gasteiger partial charge in [-0.3, -0.25) is 0 Å². The topological polar surface area (TPSA) is 42.2 Å². The van der Waals surface area contributed by atoms with E-state index in [0.29, 0.717) is 15.2 Å². The van der Waals surface area contributed by atoms with Crippen molar-refractivity contribution in [1.82, 2.24) is 4.57 Å². The molecule has 1 heterocycles. The minimum atomic E-state index is -1.02. The number of benzene rings is 1. The molecule has 0 fully saturated rings. The van der Waals surface area contributed by atoms with Crippen LogP contribution < -0.4 is 0 Å². The van der Waals surface area contributed by atoms with Crippen LogP contribution in [0.25, 0.3) is 0 Å². The number of aromatic carboxylic acids is 1. The maximum atomic E-state index is 13.6. The summed E-state index contributed by atoms with van der Waals surface area (Å²) in [6, 6.07) is 5.86. The van der Waals surface area contributed by atoms with Crippen LogP contribution in [0.1, 0.15) is 15.9 Å². The molecular formula is C12H8BrClFNO2. The van der Waals surface area contributed by atoms with Crippen molar-refractivity contribution in [2.24, 2.45) is 0 Å². The van der Waals surface area contributed by atoms with Gasteiger partial charge in [0.15, 0.2) is 0 Å². The highest BCUT2D eigenvalue weighted by molar-refractivity contribution is 9.10. The first-order valence-corrected chi connectivity index (χ1v) is 6.17. The number of halogens is 3. The third-order valence-electron chi connectivity index (χ3n) is 2.45. The molecule has 0 aliphatic carbocycles. The smallest absolute Gasteiger partial charge is 0.337 e. The predicted octanol–water partition coefficient (Wildman–Crippen LogP) is 3.79. The molecule has 18 heavy (non-hydrogen) atoms. The zero-order valence-corrected chi connectivity index (χ0v) is 11.4. The Labute approximate surface area is 116 Å². The first-order valence-electron chi connectivity index (χ1n) is 5.00. The van der Waals surface area contributed by atoms with Crippen molar-refractivity contribution in [2.45, 2.75) is 6.54 Å². The average molecular weight is 333 g/mol. The molecule has 2 rings (SSSR count). The molecule has 1 aromatic carbocycles. The Balaban J connectivity index is 2.31. The molecular weight excluding hydrogens is 324 g/mol. The van der Waals surface area contributed by atoms with Crippen molar-refractivity contribution in [3.05, 3.63) is 57.0 Å². The fraction of sp³-hybridized carbons (Fsp3) is 0.0833. The molecule has 3 nitrogen and oxygen atoms in total. The fourth-order valence-corrected chi connectivity index (χ4v) is 2.18. The van der Waals surface area contributed by atoms with Gasteiger partial charge in [0.1, 0.15) is 5.82 Å². The molecule has 0 bridgehead atoms. The quantitative estimate of drug-likeness (QED) is 0.929. The van der Waals surface area contributed by atoms with E-state index in [1.54, 1.807) is 16.7 Å². The highest BCUT2D eigenvalue weighted by atomic mass is 79.9. The summed E-state index contributed by atoms with van der Waals surface area (Å²) in [5.74, 6) is -1.44. The van der Waals surface area contributed by atoms with Crippen molar-refractivity contribution < 1.29 is 14.3 Å². The van der Waals surface area contributed by atoms with Gasteiger partial charge in [-0.05, 0) is 34.1 Å². The normalized spacial score (nSPS) is 10.6. The SMILES string of the molecule is O=C(O)c1cc(Br)n(Cc2ccc(Cl)cc2F)c1. The monoisotopic (exact) mass is 331 g/mol. The molecule has 2 aromatic rings. The average Bonchev–Trinajstić information content (AvgIpc) is 2.64. The van der Waals surface area contributed by atoms with Gasteiger partial charge in [-0.25, -0.2) is 9.18 Å². The lowest BCUT2D eigenvalue weighted by atomic mass is 10.2. The lowest BCUT2D eigenvalue weighted by Gasteiger charge is -2.06. The summed E-state index contributed by atoms with van der Waals surface area (Å²) >= 11 is 8.90. The van der Waals surface area contributed by atoms with Crippen molar-refractivity contribution in [3.63, 3.8) is 0 Å². The number of carboxylic acids is 1. The molecule has 1 aromatic heterocycles. The van der Waals surface area contributed by atoms with E-state index in [4.69, 9.17) is 16.7 Å². The molecule has 0 amide bonds. The van der Waals surface area contributed by atoms with Crippen LogP contribution in [0.4, 0.5) is 4.39 Å². The summed E-state index contributed by atoms with van der Waals surface area (Å²) in [7, 11) is 0. The number of rotatable bonds is 3. The Bertz CT molecular complexity index is 612. The number of carbonyl (C=O) groups is 1.